The molecule has 4 nitrogen and oxygen atoms in total. The second-order valence-electron chi connectivity index (χ2n) is 4.31. The van der Waals surface area contributed by atoms with Crippen molar-refractivity contribution in [1.82, 2.24) is 0 Å². The Labute approximate surface area is 125 Å². The maximum absolute atomic E-state index is 12.5. The molecule has 0 saturated heterocycles. The maximum atomic E-state index is 12.5. The molecule has 0 aliphatic heterocycles. The van der Waals surface area contributed by atoms with Gasteiger partial charge in [0.25, 0.3) is 0 Å². The largest absolute Gasteiger partial charge is 0.494 e. The molecule has 2 aromatic carbocycles. The highest BCUT2D eigenvalue weighted by molar-refractivity contribution is 7.91. The molecule has 5 heteroatoms. The molecule has 2 rings (SSSR count). The van der Waals surface area contributed by atoms with Crippen LogP contribution in [0.1, 0.15) is 13.8 Å². The molecule has 0 fully saturated rings. The quantitative estimate of drug-likeness (QED) is 0.821. The molecule has 2 aromatic rings. The van der Waals surface area contributed by atoms with Crippen LogP contribution in [0.2, 0.25) is 0 Å². The van der Waals surface area contributed by atoms with E-state index in [1.54, 1.807) is 48.5 Å². The number of hydrogen-bond acceptors (Lipinski definition) is 4. The van der Waals surface area contributed by atoms with Crippen LogP contribution in [0.5, 0.6) is 11.5 Å². The van der Waals surface area contributed by atoms with E-state index in [1.807, 2.05) is 13.8 Å². The van der Waals surface area contributed by atoms with E-state index >= 15 is 0 Å². The molecular weight excluding hydrogens is 288 g/mol. The molecule has 0 aromatic heterocycles. The van der Waals surface area contributed by atoms with Crippen LogP contribution < -0.4 is 9.47 Å². The molecule has 0 N–H and O–H groups in total. The molecule has 0 amide bonds. The zero-order chi connectivity index (χ0) is 15.3. The monoisotopic (exact) mass is 306 g/mol. The van der Waals surface area contributed by atoms with Gasteiger partial charge in [-0.1, -0.05) is 0 Å². The van der Waals surface area contributed by atoms with Gasteiger partial charge in [-0.3, -0.25) is 0 Å². The highest BCUT2D eigenvalue weighted by atomic mass is 32.2. The lowest BCUT2D eigenvalue weighted by molar-refractivity contribution is 0.340. The van der Waals surface area contributed by atoms with E-state index in [4.69, 9.17) is 9.47 Å². The van der Waals surface area contributed by atoms with Crippen LogP contribution >= 0.6 is 0 Å². The van der Waals surface area contributed by atoms with Crippen LogP contribution in [0, 0.1) is 0 Å². The van der Waals surface area contributed by atoms with E-state index in [0.717, 1.165) is 0 Å². The van der Waals surface area contributed by atoms with E-state index in [0.29, 0.717) is 24.7 Å². The summed E-state index contributed by atoms with van der Waals surface area (Å²) < 4.78 is 35.6. The van der Waals surface area contributed by atoms with Crippen LogP contribution in [-0.2, 0) is 9.84 Å². The van der Waals surface area contributed by atoms with Crippen LogP contribution in [0.4, 0.5) is 0 Å². The van der Waals surface area contributed by atoms with Crippen LogP contribution in [0.15, 0.2) is 58.3 Å². The Kier molecular flexibility index (Phi) is 4.85. The normalized spacial score (nSPS) is 11.1. The van der Waals surface area contributed by atoms with Crippen LogP contribution in [0.3, 0.4) is 0 Å². The molecule has 0 spiro atoms. The van der Waals surface area contributed by atoms with Crippen molar-refractivity contribution in [2.24, 2.45) is 0 Å². The topological polar surface area (TPSA) is 52.6 Å². The van der Waals surface area contributed by atoms with Crippen molar-refractivity contribution in [3.63, 3.8) is 0 Å². The lowest BCUT2D eigenvalue weighted by Crippen LogP contribution is -2.02. The van der Waals surface area contributed by atoms with E-state index in [9.17, 15) is 8.42 Å². The summed E-state index contributed by atoms with van der Waals surface area (Å²) in [6.07, 6.45) is 0. The summed E-state index contributed by atoms with van der Waals surface area (Å²) in [4.78, 5) is 0.491. The summed E-state index contributed by atoms with van der Waals surface area (Å²) in [6.45, 7) is 4.85. The lowest BCUT2D eigenvalue weighted by atomic mass is 10.3. The predicted octanol–water partition coefficient (Wildman–Crippen LogP) is 3.32. The highest BCUT2D eigenvalue weighted by Gasteiger charge is 2.17. The smallest absolute Gasteiger partial charge is 0.206 e. The SMILES string of the molecule is CCOc1ccc(S(=O)(=O)c2ccc(OCC)cc2)cc1. The Bertz CT molecular complexity index is 618. The lowest BCUT2D eigenvalue weighted by Gasteiger charge is -2.08. The van der Waals surface area contributed by atoms with Crippen LogP contribution in [-0.4, -0.2) is 21.6 Å². The second kappa shape index (κ2) is 6.63. The Morgan fingerprint density at radius 1 is 0.714 bits per heavy atom. The summed E-state index contributed by atoms with van der Waals surface area (Å²) in [5.74, 6) is 1.31. The standard InChI is InChI=1S/C16H18O4S/c1-3-19-13-5-9-15(10-6-13)21(17,18)16-11-7-14(8-12-16)20-4-2/h5-12H,3-4H2,1-2H3. The number of ether oxygens (including phenoxy) is 2. The zero-order valence-corrected chi connectivity index (χ0v) is 12.9. The minimum Gasteiger partial charge on any atom is -0.494 e. The van der Waals surface area contributed by atoms with Crippen molar-refractivity contribution in [1.29, 1.82) is 0 Å². The van der Waals surface area contributed by atoms with Crippen molar-refractivity contribution in [3.8, 4) is 11.5 Å². The Hall–Kier alpha value is -2.01. The van der Waals surface area contributed by atoms with Crippen molar-refractivity contribution < 1.29 is 17.9 Å². The first kappa shape index (κ1) is 15.4. The molecule has 0 aliphatic rings. The molecule has 112 valence electrons. The van der Waals surface area contributed by atoms with Gasteiger partial charge in [0.2, 0.25) is 9.84 Å². The van der Waals surface area contributed by atoms with Crippen molar-refractivity contribution >= 4 is 9.84 Å². The number of rotatable bonds is 6. The van der Waals surface area contributed by atoms with Gasteiger partial charge in [-0.2, -0.15) is 0 Å². The maximum Gasteiger partial charge on any atom is 0.206 e. The fourth-order valence-corrected chi connectivity index (χ4v) is 3.16. The first-order valence-corrected chi connectivity index (χ1v) is 8.27. The number of benzene rings is 2. The third-order valence-corrected chi connectivity index (χ3v) is 4.68. The predicted molar refractivity (Wildman–Crippen MR) is 80.7 cm³/mol. The van der Waals surface area contributed by atoms with Gasteiger partial charge in [-0.25, -0.2) is 8.42 Å². The van der Waals surface area contributed by atoms with Gasteiger partial charge in [-0.15, -0.1) is 0 Å². The average Bonchev–Trinajstić information content (AvgIpc) is 2.49. The summed E-state index contributed by atoms with van der Waals surface area (Å²) >= 11 is 0. The Balaban J connectivity index is 2.28. The molecule has 0 aliphatic carbocycles. The Morgan fingerprint density at radius 2 is 1.05 bits per heavy atom. The third-order valence-electron chi connectivity index (χ3n) is 2.89. The van der Waals surface area contributed by atoms with Crippen LogP contribution in [0.25, 0.3) is 0 Å². The second-order valence-corrected chi connectivity index (χ2v) is 6.26. The van der Waals surface area contributed by atoms with Gasteiger partial charge in [-0.05, 0) is 62.4 Å². The van der Waals surface area contributed by atoms with Gasteiger partial charge in [0, 0.05) is 0 Å². The first-order valence-electron chi connectivity index (χ1n) is 6.78. The zero-order valence-electron chi connectivity index (χ0n) is 12.1. The van der Waals surface area contributed by atoms with Gasteiger partial charge >= 0.3 is 0 Å². The Morgan fingerprint density at radius 3 is 1.33 bits per heavy atom. The van der Waals surface area contributed by atoms with Gasteiger partial charge in [0.15, 0.2) is 0 Å². The number of hydrogen-bond donors (Lipinski definition) is 0. The molecule has 0 saturated carbocycles. The molecule has 0 bridgehead atoms. The fraction of sp³-hybridized carbons (Fsp3) is 0.250. The molecule has 0 heterocycles. The third kappa shape index (κ3) is 3.55. The van der Waals surface area contributed by atoms with Crippen molar-refractivity contribution in [2.45, 2.75) is 23.6 Å². The minimum absolute atomic E-state index is 0.245. The minimum atomic E-state index is -3.51. The summed E-state index contributed by atoms with van der Waals surface area (Å²) in [6, 6.07) is 12.8. The average molecular weight is 306 g/mol. The first-order chi connectivity index (χ1) is 10.1. The fourth-order valence-electron chi connectivity index (χ4n) is 1.90. The highest BCUT2D eigenvalue weighted by Crippen LogP contribution is 2.24. The number of sulfone groups is 1. The summed E-state index contributed by atoms with van der Waals surface area (Å²) in [7, 11) is -3.51. The van der Waals surface area contributed by atoms with Crippen molar-refractivity contribution in [2.75, 3.05) is 13.2 Å². The summed E-state index contributed by atoms with van der Waals surface area (Å²) in [5.41, 5.74) is 0. The molecule has 0 radical (unpaired) electrons. The van der Waals surface area contributed by atoms with E-state index < -0.39 is 9.84 Å². The summed E-state index contributed by atoms with van der Waals surface area (Å²) in [5, 5.41) is 0. The molecule has 0 unspecified atom stereocenters. The van der Waals surface area contributed by atoms with Gasteiger partial charge in [0.1, 0.15) is 11.5 Å². The molecular formula is C16H18O4S. The molecule has 21 heavy (non-hydrogen) atoms. The van der Waals surface area contributed by atoms with Gasteiger partial charge in [0.05, 0.1) is 23.0 Å². The van der Waals surface area contributed by atoms with E-state index in [2.05, 4.69) is 0 Å². The van der Waals surface area contributed by atoms with Gasteiger partial charge < -0.3 is 9.47 Å². The van der Waals surface area contributed by atoms with E-state index in [1.165, 1.54) is 0 Å². The van der Waals surface area contributed by atoms with Crippen molar-refractivity contribution in [3.05, 3.63) is 48.5 Å². The molecule has 0 atom stereocenters. The van der Waals surface area contributed by atoms with E-state index in [-0.39, 0.29) is 9.79 Å².